The number of hydrogen-bond acceptors (Lipinski definition) is 1. The van der Waals surface area contributed by atoms with Crippen LogP contribution >= 0.6 is 0 Å². The molecule has 0 aliphatic rings. The third-order valence-electron chi connectivity index (χ3n) is 3.44. The minimum atomic E-state index is -1.33. The third-order valence-corrected chi connectivity index (χ3v) is 21.1. The lowest BCUT2D eigenvalue weighted by atomic mass is 10.3. The Morgan fingerprint density at radius 2 is 1.57 bits per heavy atom. The van der Waals surface area contributed by atoms with Crippen molar-refractivity contribution < 1.29 is 5.11 Å². The van der Waals surface area contributed by atoms with E-state index in [1.807, 2.05) is 12.1 Å². The molecule has 0 bridgehead atoms. The number of phenolic OH excluding ortho intramolecular Hbond substituents is 1. The molecule has 0 spiro atoms. The zero-order valence-electron chi connectivity index (χ0n) is 9.76. The molecular weight excluding hydrogens is 204 g/mol. The zero-order chi connectivity index (χ0) is 11.0. The number of benzene rings is 1. The van der Waals surface area contributed by atoms with E-state index in [1.165, 1.54) is 5.19 Å². The third kappa shape index (κ3) is 2.09. The van der Waals surface area contributed by atoms with Crippen LogP contribution in [-0.2, 0) is 0 Å². The van der Waals surface area contributed by atoms with Crippen molar-refractivity contribution in [1.82, 2.24) is 0 Å². The first-order chi connectivity index (χ1) is 6.25. The van der Waals surface area contributed by atoms with Crippen molar-refractivity contribution in [2.24, 2.45) is 0 Å². The highest BCUT2D eigenvalue weighted by molar-refractivity contribution is 7.45. The van der Waals surface area contributed by atoms with Gasteiger partial charge in [-0.15, -0.1) is 0 Å². The Balaban J connectivity index is 3.16. The normalized spacial score (nSPS) is 12.9. The summed E-state index contributed by atoms with van der Waals surface area (Å²) < 4.78 is 0. The average Bonchev–Trinajstić information content (AvgIpc) is 2.02. The van der Waals surface area contributed by atoms with Gasteiger partial charge in [-0.25, -0.2) is 0 Å². The molecule has 0 saturated heterocycles. The van der Waals surface area contributed by atoms with Gasteiger partial charge in [0.1, 0.15) is 5.75 Å². The van der Waals surface area contributed by atoms with Crippen molar-refractivity contribution in [2.75, 3.05) is 0 Å². The summed E-state index contributed by atoms with van der Waals surface area (Å²) in [5, 5.41) is 10.9. The summed E-state index contributed by atoms with van der Waals surface area (Å²) in [4.78, 5) is 0. The Kier molecular flexibility index (Phi) is 2.92. The summed E-state index contributed by atoms with van der Waals surface area (Å²) in [7, 11) is -2.45. The summed E-state index contributed by atoms with van der Waals surface area (Å²) in [6.45, 7) is 12.1. The molecule has 1 aromatic carbocycles. The van der Waals surface area contributed by atoms with Crippen molar-refractivity contribution in [2.45, 2.75) is 32.7 Å². The first-order valence-electron chi connectivity index (χ1n) is 5.04. The molecule has 0 saturated carbocycles. The van der Waals surface area contributed by atoms with E-state index >= 15 is 0 Å². The van der Waals surface area contributed by atoms with E-state index in [0.717, 1.165) is 0 Å². The molecule has 0 amide bonds. The molecule has 1 nitrogen and oxygen atoms in total. The maximum absolute atomic E-state index is 9.48. The van der Waals surface area contributed by atoms with Crippen molar-refractivity contribution >= 4 is 20.4 Å². The second-order valence-electron chi connectivity index (χ2n) is 5.43. The van der Waals surface area contributed by atoms with E-state index in [9.17, 15) is 5.11 Å². The fourth-order valence-corrected chi connectivity index (χ4v) is 6.28. The maximum Gasteiger partial charge on any atom is 0.115 e. The molecule has 0 aliphatic heterocycles. The highest BCUT2D eigenvalue weighted by Gasteiger charge is 2.38. The van der Waals surface area contributed by atoms with Gasteiger partial charge in [-0.1, -0.05) is 50.1 Å². The Morgan fingerprint density at radius 1 is 1.00 bits per heavy atom. The second-order valence-corrected chi connectivity index (χ2v) is 22.0. The van der Waals surface area contributed by atoms with E-state index in [-0.39, 0.29) is 0 Å². The largest absolute Gasteiger partial charge is 0.508 e. The van der Waals surface area contributed by atoms with Crippen LogP contribution in [0.15, 0.2) is 24.3 Å². The molecule has 1 aromatic rings. The molecule has 0 heterocycles. The lowest BCUT2D eigenvalue weighted by Gasteiger charge is -2.35. The molecule has 0 aliphatic carbocycles. The van der Waals surface area contributed by atoms with Gasteiger partial charge in [0, 0.05) is 7.59 Å². The lowest BCUT2D eigenvalue weighted by Crippen LogP contribution is -2.61. The van der Waals surface area contributed by atoms with Crippen molar-refractivity contribution in [3.63, 3.8) is 0 Å². The average molecular weight is 224 g/mol. The first-order valence-corrected chi connectivity index (χ1v) is 12.5. The van der Waals surface area contributed by atoms with Gasteiger partial charge in [0.05, 0.1) is 7.59 Å². The van der Waals surface area contributed by atoms with Gasteiger partial charge in [-0.2, -0.15) is 0 Å². The summed E-state index contributed by atoms with van der Waals surface area (Å²) in [5.41, 5.74) is 0. The van der Waals surface area contributed by atoms with Crippen LogP contribution in [0.4, 0.5) is 0 Å². The Morgan fingerprint density at radius 3 is 2.00 bits per heavy atom. The first kappa shape index (κ1) is 11.5. The minimum Gasteiger partial charge on any atom is -0.508 e. The van der Waals surface area contributed by atoms with E-state index in [1.54, 1.807) is 6.07 Å². The van der Waals surface area contributed by atoms with Crippen LogP contribution in [0.25, 0.3) is 0 Å². The van der Waals surface area contributed by atoms with E-state index in [2.05, 4.69) is 38.8 Å². The van der Waals surface area contributed by atoms with E-state index < -0.39 is 15.2 Å². The van der Waals surface area contributed by atoms with Gasteiger partial charge in [0.25, 0.3) is 0 Å². The highest BCUT2D eigenvalue weighted by atomic mass is 29.3. The Labute approximate surface area is 88.6 Å². The van der Waals surface area contributed by atoms with Crippen LogP contribution in [0.1, 0.15) is 0 Å². The zero-order valence-corrected chi connectivity index (χ0v) is 11.8. The minimum absolute atomic E-state index is 0.404. The summed E-state index contributed by atoms with van der Waals surface area (Å²) in [6, 6.07) is 7.83. The molecular formula is C11H20OSi2. The lowest BCUT2D eigenvalue weighted by molar-refractivity contribution is 0.476. The molecule has 0 fully saturated rings. The van der Waals surface area contributed by atoms with Gasteiger partial charge < -0.3 is 5.11 Å². The van der Waals surface area contributed by atoms with Gasteiger partial charge in [0.2, 0.25) is 0 Å². The predicted octanol–water partition coefficient (Wildman–Crippen LogP) is 2.72. The fraction of sp³-hybridized carbons (Fsp3) is 0.455. The second kappa shape index (κ2) is 3.55. The van der Waals surface area contributed by atoms with Crippen LogP contribution in [0.2, 0.25) is 32.7 Å². The van der Waals surface area contributed by atoms with E-state index in [0.29, 0.717) is 5.75 Å². The van der Waals surface area contributed by atoms with Crippen LogP contribution in [-0.4, -0.2) is 20.3 Å². The van der Waals surface area contributed by atoms with E-state index in [4.69, 9.17) is 0 Å². The van der Waals surface area contributed by atoms with Crippen LogP contribution in [0.3, 0.4) is 0 Å². The summed E-state index contributed by atoms with van der Waals surface area (Å²) in [6.07, 6.45) is 0. The van der Waals surface area contributed by atoms with Crippen LogP contribution < -0.4 is 5.19 Å². The monoisotopic (exact) mass is 224 g/mol. The quantitative estimate of drug-likeness (QED) is 0.766. The molecule has 78 valence electrons. The smallest absolute Gasteiger partial charge is 0.115 e. The van der Waals surface area contributed by atoms with Gasteiger partial charge >= 0.3 is 0 Å². The molecule has 3 heteroatoms. The summed E-state index contributed by atoms with van der Waals surface area (Å²) >= 11 is 0. The number of rotatable bonds is 2. The molecule has 1 N–H and O–H groups in total. The molecule has 14 heavy (non-hydrogen) atoms. The van der Waals surface area contributed by atoms with Gasteiger partial charge in [-0.05, 0) is 12.1 Å². The molecule has 0 radical (unpaired) electrons. The van der Waals surface area contributed by atoms with Crippen LogP contribution in [0, 0.1) is 0 Å². The van der Waals surface area contributed by atoms with Crippen molar-refractivity contribution in [1.29, 1.82) is 0 Å². The predicted molar refractivity (Wildman–Crippen MR) is 68.6 cm³/mol. The SMILES string of the molecule is C[Si](C)(C)[Si](C)(C)c1cccc(O)c1. The maximum atomic E-state index is 9.48. The van der Waals surface area contributed by atoms with Crippen molar-refractivity contribution in [3.8, 4) is 5.75 Å². The number of aromatic hydroxyl groups is 1. The van der Waals surface area contributed by atoms with Crippen molar-refractivity contribution in [3.05, 3.63) is 24.3 Å². The molecule has 0 unspecified atom stereocenters. The van der Waals surface area contributed by atoms with Crippen LogP contribution in [0.5, 0.6) is 5.75 Å². The number of phenols is 1. The fourth-order valence-electron chi connectivity index (χ4n) is 1.33. The standard InChI is InChI=1S/C11H20OSi2/c1-13(2,3)14(4,5)11-8-6-7-10(12)9-11/h6-9,12H,1-5H3. The molecule has 1 rings (SSSR count). The highest BCUT2D eigenvalue weighted by Crippen LogP contribution is 2.20. The van der Waals surface area contributed by atoms with Gasteiger partial charge in [-0.3, -0.25) is 0 Å². The Bertz CT molecular complexity index is 326. The number of hydrogen-bond donors (Lipinski definition) is 1. The topological polar surface area (TPSA) is 20.2 Å². The molecule has 0 atom stereocenters. The molecule has 0 aromatic heterocycles. The van der Waals surface area contributed by atoms with Gasteiger partial charge in [0.15, 0.2) is 0 Å². The summed E-state index contributed by atoms with van der Waals surface area (Å²) in [5.74, 6) is 0.404. The Hall–Kier alpha value is -0.546.